The molecule has 9 heteroatoms. The van der Waals surface area contributed by atoms with Gasteiger partial charge in [0, 0.05) is 24.8 Å². The molecule has 1 fully saturated rings. The van der Waals surface area contributed by atoms with E-state index in [4.69, 9.17) is 9.47 Å². The number of ether oxygens (including phenoxy) is 2. The van der Waals surface area contributed by atoms with Gasteiger partial charge >= 0.3 is 5.69 Å². The second-order valence-corrected chi connectivity index (χ2v) is 6.99. The van der Waals surface area contributed by atoms with Crippen molar-refractivity contribution in [3.63, 3.8) is 0 Å². The molecule has 1 aliphatic heterocycles. The number of fused-ring (bicyclic) bond motifs is 1. The molecule has 2 aromatic heterocycles. The Morgan fingerprint density at radius 1 is 1.34 bits per heavy atom. The molecular formula is C20H23N5O4. The topological polar surface area (TPSA) is 99.8 Å². The van der Waals surface area contributed by atoms with E-state index in [1.807, 2.05) is 24.3 Å². The quantitative estimate of drug-likeness (QED) is 0.670. The number of aromatic nitrogens is 4. The third-order valence-electron chi connectivity index (χ3n) is 4.97. The SMILES string of the molecule is COc1ccc(-c2cc3nn(CC(=O)NCC4CCCO4)c(=O)n3c(C)n2)cc1. The van der Waals surface area contributed by atoms with Crippen molar-refractivity contribution in [2.45, 2.75) is 32.4 Å². The first-order valence-corrected chi connectivity index (χ1v) is 9.55. The van der Waals surface area contributed by atoms with Gasteiger partial charge in [-0.3, -0.25) is 4.79 Å². The van der Waals surface area contributed by atoms with Crippen LogP contribution in [0.1, 0.15) is 18.7 Å². The van der Waals surface area contributed by atoms with E-state index in [0.29, 0.717) is 23.7 Å². The summed E-state index contributed by atoms with van der Waals surface area (Å²) in [5, 5.41) is 7.13. The van der Waals surface area contributed by atoms with E-state index in [9.17, 15) is 9.59 Å². The Bertz CT molecular complexity index is 1080. The summed E-state index contributed by atoms with van der Waals surface area (Å²) in [6, 6.07) is 9.21. The highest BCUT2D eigenvalue weighted by molar-refractivity contribution is 5.75. The number of hydrogen-bond acceptors (Lipinski definition) is 6. The smallest absolute Gasteiger partial charge is 0.352 e. The van der Waals surface area contributed by atoms with Crippen molar-refractivity contribution in [2.24, 2.45) is 0 Å². The van der Waals surface area contributed by atoms with Gasteiger partial charge in [-0.25, -0.2) is 18.9 Å². The average molecular weight is 397 g/mol. The number of aryl methyl sites for hydroxylation is 1. The van der Waals surface area contributed by atoms with Crippen molar-refractivity contribution in [3.8, 4) is 17.0 Å². The largest absolute Gasteiger partial charge is 0.497 e. The van der Waals surface area contributed by atoms with Crippen molar-refractivity contribution < 1.29 is 14.3 Å². The lowest BCUT2D eigenvalue weighted by molar-refractivity contribution is -0.122. The highest BCUT2D eigenvalue weighted by Gasteiger charge is 2.18. The molecule has 152 valence electrons. The lowest BCUT2D eigenvalue weighted by atomic mass is 10.1. The summed E-state index contributed by atoms with van der Waals surface area (Å²) >= 11 is 0. The summed E-state index contributed by atoms with van der Waals surface area (Å²) in [5.74, 6) is 0.984. The van der Waals surface area contributed by atoms with Crippen LogP contribution in [0.2, 0.25) is 0 Å². The maximum Gasteiger partial charge on any atom is 0.352 e. The zero-order chi connectivity index (χ0) is 20.4. The maximum absolute atomic E-state index is 12.7. The first kappa shape index (κ1) is 19.1. The zero-order valence-corrected chi connectivity index (χ0v) is 16.4. The van der Waals surface area contributed by atoms with Crippen LogP contribution in [0.15, 0.2) is 35.1 Å². The van der Waals surface area contributed by atoms with E-state index in [1.54, 1.807) is 20.1 Å². The molecule has 1 saturated heterocycles. The molecular weight excluding hydrogens is 374 g/mol. The standard InChI is InChI=1S/C20H23N5O4/c1-13-22-17(14-5-7-15(28-2)8-6-14)10-18-23-24(20(27)25(13)18)12-19(26)21-11-16-4-3-9-29-16/h5-8,10,16H,3-4,9,11-12H2,1-2H3,(H,21,26). The van der Waals surface area contributed by atoms with Crippen LogP contribution in [0.25, 0.3) is 16.9 Å². The Hall–Kier alpha value is -3.20. The van der Waals surface area contributed by atoms with Crippen LogP contribution < -0.4 is 15.7 Å². The summed E-state index contributed by atoms with van der Waals surface area (Å²) in [7, 11) is 1.61. The van der Waals surface area contributed by atoms with Gasteiger partial charge in [-0.15, -0.1) is 5.10 Å². The number of hydrogen-bond donors (Lipinski definition) is 1. The molecule has 3 heterocycles. The fourth-order valence-electron chi connectivity index (χ4n) is 3.44. The number of benzene rings is 1. The van der Waals surface area contributed by atoms with Crippen LogP contribution in [-0.4, -0.2) is 51.4 Å². The van der Waals surface area contributed by atoms with Gasteiger partial charge in [-0.2, -0.15) is 0 Å². The Labute approximate surface area is 167 Å². The fourth-order valence-corrected chi connectivity index (χ4v) is 3.44. The molecule has 1 aliphatic rings. The summed E-state index contributed by atoms with van der Waals surface area (Å²) in [6.07, 6.45) is 2.00. The molecule has 1 atom stereocenters. The minimum absolute atomic E-state index is 0.0511. The van der Waals surface area contributed by atoms with Gasteiger partial charge in [-0.1, -0.05) is 0 Å². The number of nitrogens with zero attached hydrogens (tertiary/aromatic N) is 4. The van der Waals surface area contributed by atoms with E-state index in [2.05, 4.69) is 15.4 Å². The molecule has 1 amide bonds. The molecule has 0 radical (unpaired) electrons. The molecule has 0 spiro atoms. The van der Waals surface area contributed by atoms with E-state index < -0.39 is 5.69 Å². The molecule has 0 aliphatic carbocycles. The van der Waals surface area contributed by atoms with E-state index in [0.717, 1.165) is 35.4 Å². The van der Waals surface area contributed by atoms with E-state index >= 15 is 0 Å². The van der Waals surface area contributed by atoms with Gasteiger partial charge in [-0.05, 0) is 44.0 Å². The van der Waals surface area contributed by atoms with E-state index in [1.165, 1.54) is 4.40 Å². The zero-order valence-electron chi connectivity index (χ0n) is 16.4. The fraction of sp³-hybridized carbons (Fsp3) is 0.400. The average Bonchev–Trinajstić information content (AvgIpc) is 3.35. The minimum Gasteiger partial charge on any atom is -0.497 e. The molecule has 1 N–H and O–H groups in total. The summed E-state index contributed by atoms with van der Waals surface area (Å²) in [6.45, 7) is 2.77. The Balaban J connectivity index is 1.56. The predicted octanol–water partition coefficient (Wildman–Crippen LogP) is 1.17. The van der Waals surface area contributed by atoms with Gasteiger partial charge in [0.15, 0.2) is 5.65 Å². The van der Waals surface area contributed by atoms with Gasteiger partial charge in [0.05, 0.1) is 18.9 Å². The third kappa shape index (κ3) is 4.00. The van der Waals surface area contributed by atoms with Gasteiger partial charge < -0.3 is 14.8 Å². The second-order valence-electron chi connectivity index (χ2n) is 6.99. The first-order valence-electron chi connectivity index (χ1n) is 9.55. The molecule has 1 aromatic carbocycles. The number of carbonyl (C=O) groups is 1. The molecule has 0 bridgehead atoms. The van der Waals surface area contributed by atoms with Crippen molar-refractivity contribution in [3.05, 3.63) is 46.6 Å². The van der Waals surface area contributed by atoms with Crippen LogP contribution in [0, 0.1) is 6.92 Å². The van der Waals surface area contributed by atoms with Crippen molar-refractivity contribution in [1.82, 2.24) is 24.5 Å². The predicted molar refractivity (Wildman–Crippen MR) is 106 cm³/mol. The summed E-state index contributed by atoms with van der Waals surface area (Å²) in [4.78, 5) is 29.4. The van der Waals surface area contributed by atoms with Gasteiger partial charge in [0.2, 0.25) is 5.91 Å². The van der Waals surface area contributed by atoms with Gasteiger partial charge in [0.1, 0.15) is 18.1 Å². The highest BCUT2D eigenvalue weighted by atomic mass is 16.5. The van der Waals surface area contributed by atoms with Crippen LogP contribution in [0.3, 0.4) is 0 Å². The molecule has 0 saturated carbocycles. The van der Waals surface area contributed by atoms with Crippen LogP contribution in [-0.2, 0) is 16.1 Å². The number of nitrogens with one attached hydrogen (secondary N) is 1. The van der Waals surface area contributed by atoms with E-state index in [-0.39, 0.29) is 18.6 Å². The number of amides is 1. The van der Waals surface area contributed by atoms with Crippen molar-refractivity contribution in [1.29, 1.82) is 0 Å². The molecule has 1 unspecified atom stereocenters. The lowest BCUT2D eigenvalue weighted by Gasteiger charge is -2.10. The normalized spacial score (nSPS) is 16.3. The van der Waals surface area contributed by atoms with Gasteiger partial charge in [0.25, 0.3) is 0 Å². The maximum atomic E-state index is 12.7. The Morgan fingerprint density at radius 3 is 2.83 bits per heavy atom. The molecule has 3 aromatic rings. The Kier molecular flexibility index (Phi) is 5.30. The van der Waals surface area contributed by atoms with Crippen molar-refractivity contribution >= 4 is 11.6 Å². The summed E-state index contributed by atoms with van der Waals surface area (Å²) in [5.41, 5.74) is 1.63. The molecule has 29 heavy (non-hydrogen) atoms. The highest BCUT2D eigenvalue weighted by Crippen LogP contribution is 2.21. The monoisotopic (exact) mass is 397 g/mol. The number of methoxy groups -OCH3 is 1. The van der Waals surface area contributed by atoms with Crippen molar-refractivity contribution in [2.75, 3.05) is 20.3 Å². The minimum atomic E-state index is -0.390. The summed E-state index contributed by atoms with van der Waals surface area (Å²) < 4.78 is 13.2. The van der Waals surface area contributed by atoms with Crippen LogP contribution in [0.4, 0.5) is 0 Å². The molecule has 9 nitrogen and oxygen atoms in total. The Morgan fingerprint density at radius 2 is 2.14 bits per heavy atom. The lowest BCUT2D eigenvalue weighted by Crippen LogP contribution is -2.36. The third-order valence-corrected chi connectivity index (χ3v) is 4.97. The number of carbonyl (C=O) groups excluding carboxylic acids is 1. The molecule has 4 rings (SSSR count). The second kappa shape index (κ2) is 8.04. The first-order chi connectivity index (χ1) is 14.0. The van der Waals surface area contributed by atoms with Crippen LogP contribution in [0.5, 0.6) is 5.75 Å². The van der Waals surface area contributed by atoms with Crippen LogP contribution >= 0.6 is 0 Å². The number of rotatable bonds is 6.